The summed E-state index contributed by atoms with van der Waals surface area (Å²) < 4.78 is 19.8. The summed E-state index contributed by atoms with van der Waals surface area (Å²) in [6, 6.07) is 0. The Morgan fingerprint density at radius 2 is 1.43 bits per heavy atom. The van der Waals surface area contributed by atoms with E-state index < -0.39 is 26.5 Å². The summed E-state index contributed by atoms with van der Waals surface area (Å²) in [4.78, 5) is 28.6. The summed E-state index contributed by atoms with van der Waals surface area (Å²) in [5, 5.41) is 9.41. The van der Waals surface area contributed by atoms with Crippen LogP contribution in [-0.2, 0) is 18.6 Å². The van der Waals surface area contributed by atoms with Crippen LogP contribution in [0.5, 0.6) is 0 Å². The van der Waals surface area contributed by atoms with Crippen LogP contribution in [0.1, 0.15) is 85.0 Å². The van der Waals surface area contributed by atoms with Crippen molar-refractivity contribution in [3.8, 4) is 0 Å². The number of thioether (sulfide) groups is 1. The lowest BCUT2D eigenvalue weighted by Gasteiger charge is -2.17. The number of unbranched alkanes of at least 4 members (excludes halogenated alkanes) is 8. The first-order valence-electron chi connectivity index (χ1n) is 10.2. The van der Waals surface area contributed by atoms with Crippen molar-refractivity contribution < 1.29 is 33.5 Å². The molecule has 0 aromatic rings. The number of esters is 1. The van der Waals surface area contributed by atoms with Crippen molar-refractivity contribution >= 4 is 25.6 Å². The first-order valence-corrected chi connectivity index (χ1v) is 12.7. The summed E-state index contributed by atoms with van der Waals surface area (Å²) in [5.74, 6) is 0.830. The molecule has 0 saturated heterocycles. The minimum Gasteiger partial charge on any atom is -0.463 e. The Balaban J connectivity index is 3.37. The molecule has 0 bridgehead atoms. The van der Waals surface area contributed by atoms with Gasteiger partial charge in [0, 0.05) is 11.2 Å². The van der Waals surface area contributed by atoms with Crippen molar-refractivity contribution in [3.05, 3.63) is 0 Å². The van der Waals surface area contributed by atoms with Crippen LogP contribution >= 0.6 is 19.6 Å². The molecule has 9 heteroatoms. The van der Waals surface area contributed by atoms with E-state index in [-0.39, 0.29) is 13.0 Å². The molecule has 168 valence electrons. The molecule has 0 spiro atoms. The van der Waals surface area contributed by atoms with Gasteiger partial charge >= 0.3 is 13.8 Å². The Kier molecular flexibility index (Phi) is 15.6. The van der Waals surface area contributed by atoms with Gasteiger partial charge in [0.1, 0.15) is 12.7 Å². The van der Waals surface area contributed by atoms with Gasteiger partial charge in [0.25, 0.3) is 0 Å². The third-order valence-electron chi connectivity index (χ3n) is 3.93. The molecule has 0 amide bonds. The second-order valence-electron chi connectivity index (χ2n) is 8.02. The fourth-order valence-electron chi connectivity index (χ4n) is 2.48. The van der Waals surface area contributed by atoms with E-state index in [0.717, 1.165) is 19.3 Å². The summed E-state index contributed by atoms with van der Waals surface area (Å²) in [6.07, 6.45) is 9.46. The van der Waals surface area contributed by atoms with E-state index >= 15 is 0 Å². The van der Waals surface area contributed by atoms with E-state index in [1.54, 1.807) is 0 Å². The van der Waals surface area contributed by atoms with Crippen molar-refractivity contribution in [2.45, 2.75) is 95.8 Å². The molecule has 0 aromatic carbocycles. The minimum atomic E-state index is -4.62. The lowest BCUT2D eigenvalue weighted by molar-refractivity contribution is -0.147. The Hall–Kier alpha value is -0.110. The summed E-state index contributed by atoms with van der Waals surface area (Å²) in [7, 11) is -4.62. The molecule has 28 heavy (non-hydrogen) atoms. The van der Waals surface area contributed by atoms with Gasteiger partial charge in [-0.3, -0.25) is 9.32 Å². The zero-order valence-corrected chi connectivity index (χ0v) is 19.3. The maximum atomic E-state index is 11.5. The molecule has 0 aliphatic carbocycles. The Labute approximate surface area is 174 Å². The monoisotopic (exact) mass is 442 g/mol. The molecule has 0 rings (SSSR count). The standard InChI is InChI=1S/C19H39O7PS/c1-19(2,3)28-14-12-10-8-6-4-5-7-9-11-13-18(21)25-15-17(20)16-26-27(22,23)24/h17,20H,4-16H2,1-3H3,(H2,22,23,24)/t17-/m1/s1. The third kappa shape index (κ3) is 22.2. The highest BCUT2D eigenvalue weighted by Crippen LogP contribution is 2.35. The number of aliphatic hydroxyl groups is 1. The van der Waals surface area contributed by atoms with E-state index in [2.05, 4.69) is 25.3 Å². The number of phosphoric acid groups is 1. The molecule has 0 aromatic heterocycles. The van der Waals surface area contributed by atoms with E-state index in [0.29, 0.717) is 4.75 Å². The molecule has 0 fully saturated rings. The van der Waals surface area contributed by atoms with Gasteiger partial charge in [-0.1, -0.05) is 65.7 Å². The van der Waals surface area contributed by atoms with Crippen molar-refractivity contribution in [1.29, 1.82) is 0 Å². The molecule has 0 heterocycles. The second kappa shape index (κ2) is 15.7. The zero-order chi connectivity index (χ0) is 21.5. The summed E-state index contributed by atoms with van der Waals surface area (Å²) in [5.41, 5.74) is 0. The zero-order valence-electron chi connectivity index (χ0n) is 17.6. The van der Waals surface area contributed by atoms with Crippen LogP contribution in [0.4, 0.5) is 0 Å². The number of hydrogen-bond donors (Lipinski definition) is 3. The lowest BCUT2D eigenvalue weighted by Crippen LogP contribution is -2.23. The molecular formula is C19H39O7PS. The number of aliphatic hydroxyl groups excluding tert-OH is 1. The highest BCUT2D eigenvalue weighted by molar-refractivity contribution is 8.00. The minimum absolute atomic E-state index is 0.289. The SMILES string of the molecule is CC(C)(C)SCCCCCCCCCCCC(=O)OC[C@@H](O)COP(=O)(O)O. The van der Waals surface area contributed by atoms with E-state index in [1.807, 2.05) is 11.8 Å². The number of hydrogen-bond acceptors (Lipinski definition) is 6. The van der Waals surface area contributed by atoms with Crippen LogP contribution in [0.25, 0.3) is 0 Å². The van der Waals surface area contributed by atoms with Crippen molar-refractivity contribution in [2.75, 3.05) is 19.0 Å². The highest BCUT2D eigenvalue weighted by Gasteiger charge is 2.17. The van der Waals surface area contributed by atoms with E-state index in [4.69, 9.17) is 14.5 Å². The summed E-state index contributed by atoms with van der Waals surface area (Å²) in [6.45, 7) is 5.86. The normalized spacial score (nSPS) is 13.5. The van der Waals surface area contributed by atoms with Gasteiger partial charge in [-0.25, -0.2) is 4.57 Å². The molecule has 0 saturated carbocycles. The Morgan fingerprint density at radius 3 is 1.93 bits per heavy atom. The fourth-order valence-corrected chi connectivity index (χ4v) is 3.81. The van der Waals surface area contributed by atoms with Crippen molar-refractivity contribution in [2.24, 2.45) is 0 Å². The molecule has 7 nitrogen and oxygen atoms in total. The van der Waals surface area contributed by atoms with Gasteiger partial charge in [0.05, 0.1) is 6.61 Å². The van der Waals surface area contributed by atoms with Crippen LogP contribution < -0.4 is 0 Å². The first-order chi connectivity index (χ1) is 13.0. The number of carbonyl (C=O) groups excluding carboxylic acids is 1. The van der Waals surface area contributed by atoms with Gasteiger partial charge in [-0.05, 0) is 18.6 Å². The number of phosphoric ester groups is 1. The molecule has 0 unspecified atom stereocenters. The topological polar surface area (TPSA) is 113 Å². The number of carbonyl (C=O) groups is 1. The molecule has 1 atom stereocenters. The summed E-state index contributed by atoms with van der Waals surface area (Å²) >= 11 is 2.03. The Morgan fingerprint density at radius 1 is 0.929 bits per heavy atom. The predicted octanol–water partition coefficient (Wildman–Crippen LogP) is 4.43. The average Bonchev–Trinajstić information content (AvgIpc) is 2.57. The number of rotatable bonds is 17. The lowest BCUT2D eigenvalue weighted by atomic mass is 10.1. The molecule has 3 N–H and O–H groups in total. The maximum absolute atomic E-state index is 11.5. The molecular weight excluding hydrogens is 403 g/mol. The van der Waals surface area contributed by atoms with Crippen molar-refractivity contribution in [3.63, 3.8) is 0 Å². The largest absolute Gasteiger partial charge is 0.469 e. The maximum Gasteiger partial charge on any atom is 0.469 e. The van der Waals surface area contributed by atoms with Gasteiger partial charge < -0.3 is 19.6 Å². The van der Waals surface area contributed by atoms with Crippen molar-refractivity contribution in [1.82, 2.24) is 0 Å². The van der Waals surface area contributed by atoms with Crippen LogP contribution in [0.15, 0.2) is 0 Å². The van der Waals surface area contributed by atoms with Gasteiger partial charge in [0.15, 0.2) is 0 Å². The van der Waals surface area contributed by atoms with Crippen LogP contribution in [0, 0.1) is 0 Å². The van der Waals surface area contributed by atoms with Gasteiger partial charge in [-0.2, -0.15) is 11.8 Å². The molecule has 0 aliphatic heterocycles. The smallest absolute Gasteiger partial charge is 0.463 e. The van der Waals surface area contributed by atoms with E-state index in [9.17, 15) is 14.5 Å². The number of ether oxygens (including phenoxy) is 1. The van der Waals surface area contributed by atoms with E-state index in [1.165, 1.54) is 44.3 Å². The van der Waals surface area contributed by atoms with Gasteiger partial charge in [0.2, 0.25) is 0 Å². The third-order valence-corrected chi connectivity index (χ3v) is 5.78. The average molecular weight is 443 g/mol. The van der Waals surface area contributed by atoms with Gasteiger partial charge in [-0.15, -0.1) is 0 Å². The van der Waals surface area contributed by atoms with Crippen LogP contribution in [-0.4, -0.2) is 50.7 Å². The molecule has 0 radical (unpaired) electrons. The Bertz CT molecular complexity index is 448. The predicted molar refractivity (Wildman–Crippen MR) is 113 cm³/mol. The highest BCUT2D eigenvalue weighted by atomic mass is 32.2. The second-order valence-corrected chi connectivity index (χ2v) is 11.2. The first kappa shape index (κ1) is 27.9. The quantitative estimate of drug-likeness (QED) is 0.172. The van der Waals surface area contributed by atoms with Crippen LogP contribution in [0.3, 0.4) is 0 Å². The fraction of sp³-hybridized carbons (Fsp3) is 0.947. The molecule has 0 aliphatic rings. The van der Waals surface area contributed by atoms with Crippen LogP contribution in [0.2, 0.25) is 0 Å².